The number of fused-ring (bicyclic) bond motifs is 2. The van der Waals surface area contributed by atoms with Crippen molar-refractivity contribution in [1.82, 2.24) is 0 Å². The van der Waals surface area contributed by atoms with E-state index >= 15 is 0 Å². The molecular weight excluding hydrogens is 789 g/mol. The van der Waals surface area contributed by atoms with E-state index in [4.69, 9.17) is 19.9 Å². The van der Waals surface area contributed by atoms with Gasteiger partial charge in [-0.15, -0.1) is 0 Å². The molecule has 3 aliphatic carbocycles. The molecule has 0 unspecified atom stereocenters. The second kappa shape index (κ2) is 19.6. The molecule has 9 nitrogen and oxygen atoms in total. The molecular formula is C54H62N2O7. The fourth-order valence-corrected chi connectivity index (χ4v) is 9.66. The number of phenols is 2. The highest BCUT2D eigenvalue weighted by Gasteiger charge is 2.40. The van der Waals surface area contributed by atoms with Gasteiger partial charge in [-0.2, -0.15) is 0 Å². The minimum Gasteiger partial charge on any atom is -0.504 e. The van der Waals surface area contributed by atoms with Crippen LogP contribution in [-0.4, -0.2) is 28.4 Å². The number of hydrogen-bond acceptors (Lipinski definition) is 9. The summed E-state index contributed by atoms with van der Waals surface area (Å²) in [4.78, 5) is 29.3. The number of ketones is 2. The molecule has 0 atom stereocenters. The van der Waals surface area contributed by atoms with Crippen LogP contribution in [0.5, 0.6) is 40.2 Å². The Hall–Kier alpha value is -5.96. The lowest BCUT2D eigenvalue weighted by atomic mass is 9.79. The summed E-state index contributed by atoms with van der Waals surface area (Å²) < 4.78 is 18.5. The number of rotatable bonds is 16. The number of ether oxygens (including phenoxy) is 3. The number of phenolic OH excluding ortho intramolecular Hbond substituents is 2. The average Bonchev–Trinajstić information content (AvgIpc) is 3.29. The Morgan fingerprint density at radius 1 is 0.571 bits per heavy atom. The number of benzene rings is 5. The van der Waals surface area contributed by atoms with E-state index in [2.05, 4.69) is 38.2 Å². The second-order valence-corrected chi connectivity index (χ2v) is 18.3. The van der Waals surface area contributed by atoms with E-state index in [1.807, 2.05) is 60.7 Å². The number of hydrogen-bond donors (Lipinski definition) is 4. The zero-order valence-electron chi connectivity index (χ0n) is 37.0. The predicted molar refractivity (Wildman–Crippen MR) is 250 cm³/mol. The van der Waals surface area contributed by atoms with Crippen molar-refractivity contribution in [2.75, 3.05) is 17.7 Å². The second-order valence-electron chi connectivity index (χ2n) is 18.3. The third kappa shape index (κ3) is 9.83. The summed E-state index contributed by atoms with van der Waals surface area (Å²) in [5.41, 5.74) is 8.86. The van der Waals surface area contributed by atoms with Gasteiger partial charge in [-0.1, -0.05) is 103 Å². The van der Waals surface area contributed by atoms with Crippen LogP contribution in [-0.2, 0) is 0 Å². The molecule has 9 heteroatoms. The maximum atomic E-state index is 14.8. The van der Waals surface area contributed by atoms with Gasteiger partial charge < -0.3 is 35.5 Å². The molecule has 0 spiro atoms. The van der Waals surface area contributed by atoms with E-state index in [0.717, 1.165) is 50.4 Å². The van der Waals surface area contributed by atoms with E-state index in [1.54, 1.807) is 0 Å². The van der Waals surface area contributed by atoms with Crippen molar-refractivity contribution in [3.8, 4) is 40.2 Å². The van der Waals surface area contributed by atoms with Gasteiger partial charge in [0.05, 0.1) is 34.5 Å². The Balaban J connectivity index is 1.09. The molecule has 2 fully saturated rings. The van der Waals surface area contributed by atoms with Crippen molar-refractivity contribution < 1.29 is 34.0 Å². The summed E-state index contributed by atoms with van der Waals surface area (Å²) in [6, 6.07) is 25.8. The smallest absolute Gasteiger partial charge is 0.200 e. The first-order valence-corrected chi connectivity index (χ1v) is 23.3. The Labute approximate surface area is 372 Å². The number of unbranched alkanes of at least 4 members (excludes halogenated alkanes) is 5. The van der Waals surface area contributed by atoms with E-state index in [0.29, 0.717) is 41.4 Å². The number of nitrogens with one attached hydrogen (secondary N) is 1. The number of carbonyl (C=O) groups excluding carboxylic acids is 2. The fraction of sp³-hybridized carbons (Fsp3) is 0.407. The van der Waals surface area contributed by atoms with Crippen LogP contribution in [0.4, 0.5) is 17.1 Å². The molecule has 3 aliphatic rings. The largest absolute Gasteiger partial charge is 0.504 e. The summed E-state index contributed by atoms with van der Waals surface area (Å²) in [6.45, 7) is 7.44. The number of nitrogens with two attached hydrogens (primary N) is 1. The minimum absolute atomic E-state index is 0.0205. The molecule has 0 bridgehead atoms. The highest BCUT2D eigenvalue weighted by Crippen LogP contribution is 2.50. The van der Waals surface area contributed by atoms with Crippen LogP contribution >= 0.6 is 0 Å². The normalized spacial score (nSPS) is 19.5. The summed E-state index contributed by atoms with van der Waals surface area (Å²) in [6.07, 6.45) is 16.4. The molecule has 2 saturated carbocycles. The number of carbonyl (C=O) groups is 2. The Kier molecular flexibility index (Phi) is 13.6. The Morgan fingerprint density at radius 2 is 1.03 bits per heavy atom. The first-order chi connectivity index (χ1) is 30.6. The molecule has 0 amide bonds. The van der Waals surface area contributed by atoms with E-state index in [1.165, 1.54) is 74.6 Å². The van der Waals surface area contributed by atoms with Gasteiger partial charge in [-0.3, -0.25) is 9.59 Å². The summed E-state index contributed by atoms with van der Waals surface area (Å²) in [5, 5.41) is 26.9. The number of anilines is 3. The molecule has 0 aromatic heterocycles. The van der Waals surface area contributed by atoms with Crippen LogP contribution in [0.1, 0.15) is 165 Å². The van der Waals surface area contributed by atoms with Gasteiger partial charge in [0.25, 0.3) is 0 Å². The standard InChI is InChI=1S/C54H62N2O7/c1-4-5-6-7-8-9-30-61-40-28-22-39(23-29-40)56-44-32-46(63-42-26-20-38(21-27-42)36-16-12-34(3)13-17-36)52(58)50-48(44)54(60)49-47(53(50)59)43(55)31-45(51(49)57)62-41-24-18-37(19-25-41)35-14-10-33(2)11-15-35/h18-29,31-36,56-58H,4-17,30,55H2,1-3H3. The van der Waals surface area contributed by atoms with E-state index < -0.39 is 23.1 Å². The SMILES string of the molecule is CCCCCCCCOc1ccc(Nc2cc(Oc3ccc(C4CCC(C)CC4)cc3)c(O)c3c2C(=O)c2c(O)c(Oc4ccc(C5CCC(C)CC5)cc4)cc(N)c2C3=O)cc1. The number of aromatic hydroxyl groups is 2. The first kappa shape index (κ1) is 43.7. The van der Waals surface area contributed by atoms with Crippen LogP contribution in [0.2, 0.25) is 0 Å². The average molecular weight is 851 g/mol. The topological polar surface area (TPSA) is 140 Å². The maximum Gasteiger partial charge on any atom is 0.200 e. The lowest BCUT2D eigenvalue weighted by molar-refractivity contribution is 0.0974. The third-order valence-corrected chi connectivity index (χ3v) is 13.6. The monoisotopic (exact) mass is 850 g/mol. The summed E-state index contributed by atoms with van der Waals surface area (Å²) in [5.74, 6) is 1.58. The van der Waals surface area contributed by atoms with Gasteiger partial charge in [0.15, 0.2) is 23.0 Å². The first-order valence-electron chi connectivity index (χ1n) is 23.3. The van der Waals surface area contributed by atoms with Crippen molar-refractivity contribution in [3.05, 3.63) is 118 Å². The quantitative estimate of drug-likeness (QED) is 0.0425. The van der Waals surface area contributed by atoms with Gasteiger partial charge in [-0.25, -0.2) is 0 Å². The van der Waals surface area contributed by atoms with Crippen LogP contribution in [0, 0.1) is 11.8 Å². The molecule has 8 rings (SSSR count). The minimum atomic E-state index is -0.726. The zero-order valence-corrected chi connectivity index (χ0v) is 37.0. The van der Waals surface area contributed by atoms with Crippen LogP contribution < -0.4 is 25.3 Å². The van der Waals surface area contributed by atoms with Gasteiger partial charge in [-0.05, 0) is 115 Å². The van der Waals surface area contributed by atoms with Gasteiger partial charge in [0.2, 0.25) is 11.6 Å². The van der Waals surface area contributed by atoms with Crippen LogP contribution in [0.15, 0.2) is 84.9 Å². The van der Waals surface area contributed by atoms with Gasteiger partial charge in [0, 0.05) is 23.5 Å². The highest BCUT2D eigenvalue weighted by molar-refractivity contribution is 6.34. The van der Waals surface area contributed by atoms with E-state index in [-0.39, 0.29) is 45.1 Å². The highest BCUT2D eigenvalue weighted by atomic mass is 16.5. The molecule has 0 radical (unpaired) electrons. The van der Waals surface area contributed by atoms with Crippen molar-refractivity contribution >= 4 is 28.6 Å². The number of nitrogen functional groups attached to an aromatic ring is 1. The van der Waals surface area contributed by atoms with Crippen molar-refractivity contribution in [2.24, 2.45) is 11.8 Å². The van der Waals surface area contributed by atoms with Crippen LogP contribution in [0.25, 0.3) is 0 Å². The molecule has 5 aromatic rings. The third-order valence-electron chi connectivity index (χ3n) is 13.6. The molecule has 0 saturated heterocycles. The lowest BCUT2D eigenvalue weighted by Gasteiger charge is -2.27. The van der Waals surface area contributed by atoms with Crippen molar-refractivity contribution in [3.63, 3.8) is 0 Å². The molecule has 330 valence electrons. The van der Waals surface area contributed by atoms with Gasteiger partial charge >= 0.3 is 0 Å². The fourth-order valence-electron chi connectivity index (χ4n) is 9.66. The lowest BCUT2D eigenvalue weighted by Crippen LogP contribution is -2.24. The summed E-state index contributed by atoms with van der Waals surface area (Å²) in [7, 11) is 0. The maximum absolute atomic E-state index is 14.8. The molecule has 63 heavy (non-hydrogen) atoms. The molecule has 5 aromatic carbocycles. The Bertz CT molecular complexity index is 2390. The van der Waals surface area contributed by atoms with E-state index in [9.17, 15) is 19.8 Å². The van der Waals surface area contributed by atoms with Crippen LogP contribution in [0.3, 0.4) is 0 Å². The predicted octanol–water partition coefficient (Wildman–Crippen LogP) is 14.1. The Morgan fingerprint density at radius 3 is 1.57 bits per heavy atom. The summed E-state index contributed by atoms with van der Waals surface area (Å²) >= 11 is 0. The molecule has 0 aliphatic heterocycles. The van der Waals surface area contributed by atoms with Crippen molar-refractivity contribution in [2.45, 2.75) is 122 Å². The molecule has 0 heterocycles. The zero-order chi connectivity index (χ0) is 44.0. The molecule has 5 N–H and O–H groups in total. The van der Waals surface area contributed by atoms with Crippen molar-refractivity contribution in [1.29, 1.82) is 0 Å². The van der Waals surface area contributed by atoms with Gasteiger partial charge in [0.1, 0.15) is 17.2 Å².